The highest BCUT2D eigenvalue weighted by Gasteiger charge is 2.39. The molecule has 1 aliphatic rings. The third-order valence-corrected chi connectivity index (χ3v) is 5.38. The van der Waals surface area contributed by atoms with Crippen LogP contribution in [0.5, 0.6) is 11.5 Å². The minimum atomic E-state index is -2.26. The maximum absolute atomic E-state index is 11.8. The lowest BCUT2D eigenvalue weighted by Crippen LogP contribution is -2.47. The molecule has 1 aliphatic heterocycles. The molecular formula is C17H20BN2O8P. The Morgan fingerprint density at radius 3 is 2.86 bits per heavy atom. The molecule has 2 radical (unpaired) electrons. The van der Waals surface area contributed by atoms with E-state index in [0.29, 0.717) is 11.5 Å². The van der Waals surface area contributed by atoms with Gasteiger partial charge in [0.15, 0.2) is 25.0 Å². The first kappa shape index (κ1) is 21.5. The number of aromatic amines is 1. The molecule has 0 spiro atoms. The number of para-hydroxylation sites is 1. The van der Waals surface area contributed by atoms with Crippen LogP contribution in [0.1, 0.15) is 12.0 Å². The van der Waals surface area contributed by atoms with E-state index in [1.165, 1.54) is 31.0 Å². The maximum atomic E-state index is 11.8. The average Bonchev–Trinajstić information content (AvgIpc) is 2.68. The number of H-pyrrole nitrogens is 1. The summed E-state index contributed by atoms with van der Waals surface area (Å²) in [5.74, 6) is 0.958. The van der Waals surface area contributed by atoms with Crippen LogP contribution in [-0.4, -0.2) is 48.5 Å². The van der Waals surface area contributed by atoms with Crippen molar-refractivity contribution in [3.63, 3.8) is 0 Å². The molecule has 29 heavy (non-hydrogen) atoms. The Morgan fingerprint density at radius 2 is 2.17 bits per heavy atom. The Bertz CT molecular complexity index is 949. The second-order valence-corrected chi connectivity index (χ2v) is 7.27. The van der Waals surface area contributed by atoms with Gasteiger partial charge in [0.25, 0.3) is 5.56 Å². The number of nitrogens with zero attached hydrogens (tertiary/aromatic N) is 1. The van der Waals surface area contributed by atoms with Gasteiger partial charge in [-0.25, -0.2) is 4.79 Å². The molecule has 3 rings (SSSR count). The van der Waals surface area contributed by atoms with Crippen LogP contribution in [0.4, 0.5) is 0 Å². The van der Waals surface area contributed by atoms with Crippen LogP contribution < -0.4 is 20.5 Å². The van der Waals surface area contributed by atoms with Crippen molar-refractivity contribution in [3.05, 3.63) is 56.9 Å². The van der Waals surface area contributed by atoms with E-state index >= 15 is 0 Å². The molecule has 2 aromatic rings. The second kappa shape index (κ2) is 9.10. The minimum Gasteiger partial charge on any atom is -0.493 e. The van der Waals surface area contributed by atoms with E-state index in [1.54, 1.807) is 12.1 Å². The zero-order valence-electron chi connectivity index (χ0n) is 15.9. The lowest BCUT2D eigenvalue weighted by atomic mass is 9.87. The van der Waals surface area contributed by atoms with E-state index in [9.17, 15) is 14.7 Å². The summed E-state index contributed by atoms with van der Waals surface area (Å²) in [6.07, 6.45) is 0.429. The van der Waals surface area contributed by atoms with Crippen LogP contribution in [-0.2, 0) is 26.9 Å². The van der Waals surface area contributed by atoms with Crippen molar-refractivity contribution in [1.82, 2.24) is 9.55 Å². The molecule has 1 aromatic heterocycles. The van der Waals surface area contributed by atoms with E-state index in [4.69, 9.17) is 30.9 Å². The molecule has 0 saturated carbocycles. The van der Waals surface area contributed by atoms with Crippen LogP contribution in [0.2, 0.25) is 0 Å². The molecule has 0 amide bonds. The van der Waals surface area contributed by atoms with Gasteiger partial charge in [-0.2, -0.15) is 0 Å². The Kier molecular flexibility index (Phi) is 6.76. The van der Waals surface area contributed by atoms with Gasteiger partial charge in [-0.05, 0) is 12.5 Å². The van der Waals surface area contributed by atoms with Crippen molar-refractivity contribution in [1.29, 1.82) is 0 Å². The third kappa shape index (κ3) is 5.06. The normalized spacial score (nSPS) is 18.9. The third-order valence-electron chi connectivity index (χ3n) is 4.27. The summed E-state index contributed by atoms with van der Waals surface area (Å²) in [6, 6.07) is 6.56. The van der Waals surface area contributed by atoms with Gasteiger partial charge in [0.05, 0.1) is 13.7 Å². The summed E-state index contributed by atoms with van der Waals surface area (Å²) in [5, 5.41) is 10.6. The Morgan fingerprint density at radius 1 is 1.38 bits per heavy atom. The fourth-order valence-corrected chi connectivity index (χ4v) is 3.86. The topological polar surface area (TPSA) is 121 Å². The zero-order chi connectivity index (χ0) is 21.0. The first-order valence-corrected chi connectivity index (χ1v) is 9.73. The number of benzene rings is 1. The second-order valence-electron chi connectivity index (χ2n) is 6.20. The summed E-state index contributed by atoms with van der Waals surface area (Å²) in [7, 11) is 6.73. The van der Waals surface area contributed by atoms with Crippen molar-refractivity contribution in [2.24, 2.45) is 0 Å². The molecule has 2 N–H and O–H groups in total. The monoisotopic (exact) mass is 422 g/mol. The van der Waals surface area contributed by atoms with Crippen molar-refractivity contribution in [2.45, 2.75) is 31.4 Å². The number of aromatic nitrogens is 2. The van der Waals surface area contributed by atoms with E-state index in [0.717, 1.165) is 5.56 Å². The molecule has 0 fully saturated rings. The number of aliphatic hydroxyl groups is 1. The Hall–Kier alpha value is -2.17. The van der Waals surface area contributed by atoms with Crippen LogP contribution >= 0.6 is 8.60 Å². The van der Waals surface area contributed by atoms with Gasteiger partial charge in [0.2, 0.25) is 0 Å². The predicted octanol–water partition coefficient (Wildman–Crippen LogP) is 0.618. The fraction of sp³-hybridized carbons (Fsp3) is 0.412. The van der Waals surface area contributed by atoms with E-state index in [-0.39, 0.29) is 19.6 Å². The summed E-state index contributed by atoms with van der Waals surface area (Å²) in [5.41, 5.74) is -2.57. The largest absolute Gasteiger partial charge is 0.493 e. The average molecular weight is 422 g/mol. The number of rotatable bonds is 8. The summed E-state index contributed by atoms with van der Waals surface area (Å²) >= 11 is 0. The number of fused-ring (bicyclic) bond motifs is 1. The Labute approximate surface area is 168 Å². The van der Waals surface area contributed by atoms with Gasteiger partial charge in [-0.15, -0.1) is 0 Å². The molecule has 3 unspecified atom stereocenters. The molecule has 0 saturated heterocycles. The number of methoxy groups -OCH3 is 2. The van der Waals surface area contributed by atoms with Gasteiger partial charge in [-0.1, -0.05) is 12.1 Å². The predicted molar refractivity (Wildman–Crippen MR) is 104 cm³/mol. The van der Waals surface area contributed by atoms with Crippen LogP contribution in [0.15, 0.2) is 40.1 Å². The zero-order valence-corrected chi connectivity index (χ0v) is 16.8. The van der Waals surface area contributed by atoms with E-state index in [2.05, 4.69) is 4.98 Å². The smallest absolute Gasteiger partial charge is 0.399 e. The van der Waals surface area contributed by atoms with Gasteiger partial charge < -0.3 is 23.7 Å². The number of ether oxygens (including phenoxy) is 2. The minimum absolute atomic E-state index is 0.110. The first-order chi connectivity index (χ1) is 13.8. The summed E-state index contributed by atoms with van der Waals surface area (Å²) < 4.78 is 28.4. The van der Waals surface area contributed by atoms with Crippen LogP contribution in [0.25, 0.3) is 0 Å². The van der Waals surface area contributed by atoms with Crippen molar-refractivity contribution >= 4 is 16.4 Å². The molecule has 154 valence electrons. The highest BCUT2D eigenvalue weighted by Crippen LogP contribution is 2.52. The van der Waals surface area contributed by atoms with Crippen molar-refractivity contribution in [2.75, 3.05) is 14.2 Å². The quantitative estimate of drug-likeness (QED) is 0.361. The standard InChI is InChI=1S/C17H20BN2O8P/c1-24-12-5-3-4-11-10-26-29(27-15(11)12)28-17(18,23)13(25-2)6-8-20-9-7-14(21)19-16(20)22/h3-5,7,9,13,23H,6,8,10H2,1-2H3,(H,19,21,22). The van der Waals surface area contributed by atoms with Crippen LogP contribution in [0, 0.1) is 0 Å². The lowest BCUT2D eigenvalue weighted by molar-refractivity contribution is -0.161. The number of aryl methyl sites for hydroxylation is 1. The summed E-state index contributed by atoms with van der Waals surface area (Å²) in [4.78, 5) is 25.1. The van der Waals surface area contributed by atoms with Gasteiger partial charge >= 0.3 is 14.3 Å². The van der Waals surface area contributed by atoms with Gasteiger partial charge in [0, 0.05) is 31.5 Å². The van der Waals surface area contributed by atoms with E-state index < -0.39 is 31.6 Å². The van der Waals surface area contributed by atoms with Gasteiger partial charge in [0.1, 0.15) is 6.10 Å². The molecule has 0 bridgehead atoms. The van der Waals surface area contributed by atoms with Crippen LogP contribution in [0.3, 0.4) is 0 Å². The molecule has 2 heterocycles. The van der Waals surface area contributed by atoms with Crippen molar-refractivity contribution in [3.8, 4) is 11.5 Å². The number of hydrogen-bond donors (Lipinski definition) is 2. The maximum Gasteiger partial charge on any atom is 0.399 e. The fourth-order valence-electron chi connectivity index (χ4n) is 2.76. The summed E-state index contributed by atoms with van der Waals surface area (Å²) in [6.45, 7) is 0.312. The number of hydrogen-bond acceptors (Lipinski definition) is 8. The highest BCUT2D eigenvalue weighted by atomic mass is 31.2. The Balaban J connectivity index is 1.67. The van der Waals surface area contributed by atoms with Gasteiger partial charge in [-0.3, -0.25) is 18.8 Å². The lowest BCUT2D eigenvalue weighted by Gasteiger charge is -2.35. The first-order valence-electron chi connectivity index (χ1n) is 8.64. The molecule has 3 atom stereocenters. The molecular weight excluding hydrogens is 402 g/mol. The highest BCUT2D eigenvalue weighted by molar-refractivity contribution is 7.42. The number of nitrogens with one attached hydrogen (secondary N) is 1. The van der Waals surface area contributed by atoms with Crippen molar-refractivity contribution < 1.29 is 28.2 Å². The molecule has 10 nitrogen and oxygen atoms in total. The van der Waals surface area contributed by atoms with E-state index in [1.807, 2.05) is 6.07 Å². The molecule has 12 heteroatoms. The molecule has 0 aliphatic carbocycles. The molecule has 1 aromatic carbocycles. The SMILES string of the molecule is [B]C(O)(OP1OCc2cccc(OC)c2O1)C(CCn1ccc(=O)[nH]c1=O)OC.